The van der Waals surface area contributed by atoms with Gasteiger partial charge in [-0.25, -0.2) is 0 Å². The van der Waals surface area contributed by atoms with Crippen LogP contribution < -0.4 is 4.74 Å². The quantitative estimate of drug-likeness (QED) is 0.684. The summed E-state index contributed by atoms with van der Waals surface area (Å²) in [6.45, 7) is 8.63. The van der Waals surface area contributed by atoms with Crippen molar-refractivity contribution in [1.29, 1.82) is 0 Å². The second kappa shape index (κ2) is 4.70. The predicted molar refractivity (Wildman–Crippen MR) is 57.1 cm³/mol. The Labute approximate surface area is 80.0 Å². The fourth-order valence-electron chi connectivity index (χ4n) is 1.44. The van der Waals surface area contributed by atoms with Gasteiger partial charge in [0, 0.05) is 5.56 Å². The van der Waals surface area contributed by atoms with Crippen LogP contribution in [0.5, 0.6) is 5.75 Å². The zero-order valence-corrected chi connectivity index (χ0v) is 8.34. The maximum Gasteiger partial charge on any atom is 0.123 e. The van der Waals surface area contributed by atoms with E-state index in [9.17, 15) is 0 Å². The molecule has 0 radical (unpaired) electrons. The molecule has 0 N–H and O–H groups in total. The summed E-state index contributed by atoms with van der Waals surface area (Å²) in [4.78, 5) is 0. The van der Waals surface area contributed by atoms with Gasteiger partial charge in [-0.3, -0.25) is 0 Å². The molecule has 0 atom stereocenters. The average molecular weight is 176 g/mol. The highest BCUT2D eigenvalue weighted by molar-refractivity contribution is 5.56. The first-order valence-corrected chi connectivity index (χ1v) is 4.70. The highest BCUT2D eigenvalue weighted by Crippen LogP contribution is 2.23. The van der Waals surface area contributed by atoms with Crippen molar-refractivity contribution < 1.29 is 4.74 Å². The normalized spacial score (nSPS) is 9.69. The van der Waals surface area contributed by atoms with Gasteiger partial charge in [0.15, 0.2) is 0 Å². The highest BCUT2D eigenvalue weighted by Gasteiger charge is 2.03. The topological polar surface area (TPSA) is 9.23 Å². The lowest BCUT2D eigenvalue weighted by Crippen LogP contribution is -1.97. The Hall–Kier alpha value is -1.24. The van der Waals surface area contributed by atoms with E-state index in [-0.39, 0.29) is 0 Å². The van der Waals surface area contributed by atoms with Crippen LogP contribution in [0.15, 0.2) is 24.8 Å². The van der Waals surface area contributed by atoms with Crippen molar-refractivity contribution >= 4 is 6.08 Å². The van der Waals surface area contributed by atoms with Crippen LogP contribution in [0.25, 0.3) is 6.08 Å². The lowest BCUT2D eigenvalue weighted by atomic mass is 10.0. The molecule has 0 aliphatic rings. The molecule has 1 rings (SSSR count). The summed E-state index contributed by atoms with van der Waals surface area (Å²) >= 11 is 0. The summed E-state index contributed by atoms with van der Waals surface area (Å²) in [6.07, 6.45) is 2.86. The molecule has 0 aliphatic carbocycles. The molecule has 0 fully saturated rings. The number of benzene rings is 1. The van der Waals surface area contributed by atoms with Gasteiger partial charge in [-0.15, -0.1) is 0 Å². The molecule has 0 saturated heterocycles. The first-order chi connectivity index (χ1) is 6.33. The highest BCUT2D eigenvalue weighted by atomic mass is 16.5. The first-order valence-electron chi connectivity index (χ1n) is 4.70. The van der Waals surface area contributed by atoms with E-state index in [4.69, 9.17) is 4.74 Å². The van der Waals surface area contributed by atoms with Gasteiger partial charge in [-0.2, -0.15) is 0 Å². The molecule has 0 amide bonds. The van der Waals surface area contributed by atoms with Crippen LogP contribution >= 0.6 is 0 Å². The lowest BCUT2D eigenvalue weighted by Gasteiger charge is -2.10. The molecule has 0 spiro atoms. The van der Waals surface area contributed by atoms with Crippen molar-refractivity contribution in [2.24, 2.45) is 0 Å². The Morgan fingerprint density at radius 1 is 1.38 bits per heavy atom. The largest absolute Gasteiger partial charge is 0.494 e. The van der Waals surface area contributed by atoms with E-state index < -0.39 is 0 Å². The molecule has 0 saturated carbocycles. The molecule has 1 nitrogen and oxygen atoms in total. The molecule has 0 unspecified atom stereocenters. The van der Waals surface area contributed by atoms with Crippen molar-refractivity contribution in [2.75, 3.05) is 6.61 Å². The second-order valence-corrected chi connectivity index (χ2v) is 2.81. The van der Waals surface area contributed by atoms with E-state index in [1.54, 1.807) is 0 Å². The molecular weight excluding hydrogens is 160 g/mol. The second-order valence-electron chi connectivity index (χ2n) is 2.81. The van der Waals surface area contributed by atoms with Crippen LogP contribution in [-0.4, -0.2) is 6.61 Å². The summed E-state index contributed by atoms with van der Waals surface area (Å²) in [5.41, 5.74) is 2.42. The molecule has 0 bridgehead atoms. The molecule has 0 aromatic heterocycles. The molecular formula is C12H16O. The zero-order chi connectivity index (χ0) is 9.68. The van der Waals surface area contributed by atoms with Gasteiger partial charge in [-0.1, -0.05) is 31.7 Å². The minimum atomic E-state index is 0.716. The van der Waals surface area contributed by atoms with E-state index in [2.05, 4.69) is 19.6 Å². The van der Waals surface area contributed by atoms with Crippen molar-refractivity contribution in [2.45, 2.75) is 20.3 Å². The first kappa shape index (κ1) is 9.85. The Morgan fingerprint density at radius 3 is 2.69 bits per heavy atom. The summed E-state index contributed by atoms with van der Waals surface area (Å²) in [5, 5.41) is 0. The average Bonchev–Trinajstić information content (AvgIpc) is 2.18. The minimum Gasteiger partial charge on any atom is -0.494 e. The Balaban J connectivity index is 3.10. The van der Waals surface area contributed by atoms with E-state index in [0.717, 1.165) is 12.2 Å². The minimum absolute atomic E-state index is 0.716. The van der Waals surface area contributed by atoms with E-state index in [1.807, 2.05) is 25.1 Å². The molecule has 0 heterocycles. The van der Waals surface area contributed by atoms with Gasteiger partial charge in [0.2, 0.25) is 0 Å². The Kier molecular flexibility index (Phi) is 3.56. The van der Waals surface area contributed by atoms with Gasteiger partial charge in [0.25, 0.3) is 0 Å². The SMILES string of the molecule is C=Cc1cccc(OCC)c1CC. The fraction of sp³-hybridized carbons (Fsp3) is 0.333. The van der Waals surface area contributed by atoms with E-state index in [1.165, 1.54) is 11.1 Å². The van der Waals surface area contributed by atoms with Gasteiger partial charge < -0.3 is 4.74 Å². The molecule has 1 heteroatoms. The van der Waals surface area contributed by atoms with Crippen molar-refractivity contribution in [1.82, 2.24) is 0 Å². The predicted octanol–water partition coefficient (Wildman–Crippen LogP) is 3.29. The third-order valence-electron chi connectivity index (χ3n) is 2.04. The maximum atomic E-state index is 5.52. The van der Waals surface area contributed by atoms with Crippen LogP contribution in [0.2, 0.25) is 0 Å². The van der Waals surface area contributed by atoms with Gasteiger partial charge in [0.1, 0.15) is 5.75 Å². The number of hydrogen-bond donors (Lipinski definition) is 0. The molecule has 1 aromatic rings. The van der Waals surface area contributed by atoms with Crippen LogP contribution in [0.3, 0.4) is 0 Å². The summed E-state index contributed by atoms with van der Waals surface area (Å²) in [5.74, 6) is 0.988. The fourth-order valence-corrected chi connectivity index (χ4v) is 1.44. The zero-order valence-electron chi connectivity index (χ0n) is 8.34. The number of ether oxygens (including phenoxy) is 1. The Bertz CT molecular complexity index is 289. The summed E-state index contributed by atoms with van der Waals surface area (Å²) < 4.78 is 5.52. The van der Waals surface area contributed by atoms with Crippen molar-refractivity contribution in [3.63, 3.8) is 0 Å². The van der Waals surface area contributed by atoms with Crippen molar-refractivity contribution in [3.05, 3.63) is 35.9 Å². The molecule has 70 valence electrons. The summed E-state index contributed by atoms with van der Waals surface area (Å²) in [7, 11) is 0. The maximum absolute atomic E-state index is 5.52. The van der Waals surface area contributed by atoms with Crippen LogP contribution in [0.4, 0.5) is 0 Å². The monoisotopic (exact) mass is 176 g/mol. The van der Waals surface area contributed by atoms with Crippen molar-refractivity contribution in [3.8, 4) is 5.75 Å². The van der Waals surface area contributed by atoms with E-state index >= 15 is 0 Å². The Morgan fingerprint density at radius 2 is 2.15 bits per heavy atom. The van der Waals surface area contributed by atoms with Crippen LogP contribution in [0.1, 0.15) is 25.0 Å². The smallest absolute Gasteiger partial charge is 0.123 e. The molecule has 0 aliphatic heterocycles. The number of hydrogen-bond acceptors (Lipinski definition) is 1. The summed E-state index contributed by atoms with van der Waals surface area (Å²) in [6, 6.07) is 6.07. The van der Waals surface area contributed by atoms with Gasteiger partial charge in [-0.05, 0) is 25.0 Å². The van der Waals surface area contributed by atoms with Gasteiger partial charge in [0.05, 0.1) is 6.61 Å². The number of rotatable bonds is 4. The molecule has 13 heavy (non-hydrogen) atoms. The van der Waals surface area contributed by atoms with E-state index in [0.29, 0.717) is 6.61 Å². The standard InChI is InChI=1S/C12H16O/c1-4-10-8-7-9-12(13-6-3)11(10)5-2/h4,7-9H,1,5-6H2,2-3H3. The van der Waals surface area contributed by atoms with Crippen LogP contribution in [0, 0.1) is 0 Å². The molecule has 1 aromatic carbocycles. The third-order valence-corrected chi connectivity index (χ3v) is 2.04. The lowest BCUT2D eigenvalue weighted by molar-refractivity contribution is 0.337. The van der Waals surface area contributed by atoms with Crippen LogP contribution in [-0.2, 0) is 6.42 Å². The van der Waals surface area contributed by atoms with Gasteiger partial charge >= 0.3 is 0 Å². The third kappa shape index (κ3) is 2.11.